The van der Waals surface area contributed by atoms with Gasteiger partial charge < -0.3 is 55.3 Å². The van der Waals surface area contributed by atoms with E-state index in [0.717, 1.165) is 11.1 Å². The van der Waals surface area contributed by atoms with E-state index in [2.05, 4.69) is 5.32 Å². The fourth-order valence-corrected chi connectivity index (χ4v) is 3.70. The van der Waals surface area contributed by atoms with Crippen LogP contribution < -0.4 is 5.32 Å². The lowest BCUT2D eigenvalue weighted by Crippen LogP contribution is -2.65. The lowest BCUT2D eigenvalue weighted by atomic mass is 9.96. The molecule has 0 bridgehead atoms. The summed E-state index contributed by atoms with van der Waals surface area (Å²) >= 11 is 0. The third kappa shape index (κ3) is 5.01. The number of aliphatic hydroxyl groups excluding tert-OH is 7. The maximum absolute atomic E-state index is 10.6. The molecule has 11 heteroatoms. The molecule has 0 aromatic heterocycles. The van der Waals surface area contributed by atoms with Crippen LogP contribution in [0.4, 0.5) is 5.69 Å². The monoisotopic (exact) mass is 445 g/mol. The van der Waals surface area contributed by atoms with E-state index in [1.165, 1.54) is 0 Å². The molecular weight excluding hydrogens is 414 g/mol. The minimum atomic E-state index is -1.70. The average Bonchev–Trinajstić information content (AvgIpc) is 2.75. The van der Waals surface area contributed by atoms with Gasteiger partial charge in [0.2, 0.25) is 0 Å². The number of hydrogen-bond acceptors (Lipinski definition) is 11. The molecule has 176 valence electrons. The van der Waals surface area contributed by atoms with Crippen molar-refractivity contribution in [3.05, 3.63) is 29.3 Å². The number of anilines is 1. The summed E-state index contributed by atoms with van der Waals surface area (Å²) in [5, 5.41) is 73.2. The Kier molecular flexibility index (Phi) is 7.86. The average molecular weight is 445 g/mol. The summed E-state index contributed by atoms with van der Waals surface area (Å²) in [6, 6.07) is 5.52. The van der Waals surface area contributed by atoms with E-state index in [9.17, 15) is 35.7 Å². The Hall–Kier alpha value is -1.38. The first-order valence-corrected chi connectivity index (χ1v) is 10.1. The van der Waals surface area contributed by atoms with Crippen LogP contribution in [0.3, 0.4) is 0 Å². The van der Waals surface area contributed by atoms with E-state index < -0.39 is 74.6 Å². The van der Waals surface area contributed by atoms with Crippen molar-refractivity contribution in [3.8, 4) is 0 Å². The number of aryl methyl sites for hydroxylation is 2. The molecule has 0 amide bonds. The first kappa shape index (κ1) is 24.3. The quantitative estimate of drug-likeness (QED) is 0.229. The Labute approximate surface area is 179 Å². The topological polar surface area (TPSA) is 181 Å². The lowest BCUT2D eigenvalue weighted by molar-refractivity contribution is -0.340. The molecule has 1 aromatic carbocycles. The molecule has 0 aliphatic carbocycles. The van der Waals surface area contributed by atoms with E-state index in [4.69, 9.17) is 14.2 Å². The smallest absolute Gasteiger partial charge is 0.187 e. The van der Waals surface area contributed by atoms with Crippen LogP contribution in [0.5, 0.6) is 0 Å². The normalized spacial score (nSPS) is 41.2. The summed E-state index contributed by atoms with van der Waals surface area (Å²) in [4.78, 5) is 0. The Balaban J connectivity index is 1.72. The van der Waals surface area contributed by atoms with Gasteiger partial charge in [0, 0.05) is 5.69 Å². The Morgan fingerprint density at radius 1 is 0.806 bits per heavy atom. The van der Waals surface area contributed by atoms with Crippen LogP contribution in [-0.4, -0.2) is 110 Å². The largest absolute Gasteiger partial charge is 0.394 e. The molecule has 2 aliphatic rings. The molecule has 2 fully saturated rings. The van der Waals surface area contributed by atoms with Crippen LogP contribution in [0.2, 0.25) is 0 Å². The first-order valence-electron chi connectivity index (χ1n) is 10.1. The van der Waals surface area contributed by atoms with Gasteiger partial charge in [-0.15, -0.1) is 0 Å². The van der Waals surface area contributed by atoms with Crippen LogP contribution >= 0.6 is 0 Å². The van der Waals surface area contributed by atoms with Crippen LogP contribution in [0.15, 0.2) is 18.2 Å². The third-order valence-corrected chi connectivity index (χ3v) is 5.82. The summed E-state index contributed by atoms with van der Waals surface area (Å²) < 4.78 is 16.5. The highest BCUT2D eigenvalue weighted by Crippen LogP contribution is 2.30. The number of aliphatic hydroxyl groups is 7. The van der Waals surface area contributed by atoms with Gasteiger partial charge in [0.25, 0.3) is 0 Å². The van der Waals surface area contributed by atoms with Gasteiger partial charge in [-0.2, -0.15) is 0 Å². The zero-order valence-corrected chi connectivity index (χ0v) is 17.3. The molecule has 31 heavy (non-hydrogen) atoms. The summed E-state index contributed by atoms with van der Waals surface area (Å²) in [6.45, 7) is 2.64. The fraction of sp³-hybridized carbons (Fsp3) is 0.700. The second-order valence-corrected chi connectivity index (χ2v) is 8.00. The van der Waals surface area contributed by atoms with Gasteiger partial charge >= 0.3 is 0 Å². The summed E-state index contributed by atoms with van der Waals surface area (Å²) in [7, 11) is 0. The molecular formula is C20H31NO10. The van der Waals surface area contributed by atoms with Gasteiger partial charge in [-0.1, -0.05) is 6.07 Å². The summed E-state index contributed by atoms with van der Waals surface area (Å²) in [5.74, 6) is 0. The molecule has 2 heterocycles. The number of hydrogen-bond donors (Lipinski definition) is 8. The summed E-state index contributed by atoms with van der Waals surface area (Å²) in [6.07, 6.45) is -14.2. The van der Waals surface area contributed by atoms with Crippen LogP contribution in [0, 0.1) is 13.8 Å². The van der Waals surface area contributed by atoms with Gasteiger partial charge in [-0.25, -0.2) is 0 Å². The van der Waals surface area contributed by atoms with Crippen molar-refractivity contribution in [2.45, 2.75) is 75.2 Å². The van der Waals surface area contributed by atoms with Crippen molar-refractivity contribution in [2.75, 3.05) is 18.5 Å². The van der Waals surface area contributed by atoms with Gasteiger partial charge in [0.15, 0.2) is 12.5 Å². The molecule has 1 aromatic rings. The van der Waals surface area contributed by atoms with Gasteiger partial charge in [-0.3, -0.25) is 0 Å². The molecule has 0 unspecified atom stereocenters. The predicted octanol–water partition coefficient (Wildman–Crippen LogP) is -2.66. The Bertz CT molecular complexity index is 732. The standard InChI is InChI=1S/C20H31NO10/c1-8-3-4-10(5-9(8)2)21-19-16(27)15(26)18(12(7-23)29-19)31-20-17(28)14(25)13(24)11(6-22)30-20/h3-5,11-28H,6-7H2,1-2H3/t11-,12+,13+,14+,15-,16-,17-,18+,19-,20-/m0/s1. The van der Waals surface area contributed by atoms with Crippen molar-refractivity contribution < 1.29 is 50.0 Å². The van der Waals surface area contributed by atoms with Crippen molar-refractivity contribution in [1.29, 1.82) is 0 Å². The minimum Gasteiger partial charge on any atom is -0.394 e. The van der Waals surface area contributed by atoms with Crippen molar-refractivity contribution >= 4 is 5.69 Å². The highest BCUT2D eigenvalue weighted by atomic mass is 16.7. The summed E-state index contributed by atoms with van der Waals surface area (Å²) in [5.41, 5.74) is 2.74. The number of rotatable bonds is 6. The molecule has 3 rings (SSSR count). The molecule has 11 nitrogen and oxygen atoms in total. The number of benzene rings is 1. The third-order valence-electron chi connectivity index (χ3n) is 5.82. The fourth-order valence-electron chi connectivity index (χ4n) is 3.70. The van der Waals surface area contributed by atoms with Crippen molar-refractivity contribution in [1.82, 2.24) is 0 Å². The molecule has 0 radical (unpaired) electrons. The van der Waals surface area contributed by atoms with Crippen LogP contribution in [-0.2, 0) is 14.2 Å². The van der Waals surface area contributed by atoms with Gasteiger partial charge in [0.1, 0.15) is 48.8 Å². The second kappa shape index (κ2) is 10.0. The highest BCUT2D eigenvalue weighted by molar-refractivity contribution is 5.48. The molecule has 2 aliphatic heterocycles. The Morgan fingerprint density at radius 2 is 1.48 bits per heavy atom. The Morgan fingerprint density at radius 3 is 2.10 bits per heavy atom. The van der Waals surface area contributed by atoms with E-state index in [1.54, 1.807) is 6.07 Å². The first-order chi connectivity index (χ1) is 14.7. The number of ether oxygens (including phenoxy) is 3. The van der Waals surface area contributed by atoms with Crippen molar-refractivity contribution in [2.24, 2.45) is 0 Å². The zero-order valence-electron chi connectivity index (χ0n) is 17.3. The maximum Gasteiger partial charge on any atom is 0.187 e. The van der Waals surface area contributed by atoms with E-state index >= 15 is 0 Å². The van der Waals surface area contributed by atoms with Gasteiger partial charge in [0.05, 0.1) is 13.2 Å². The lowest BCUT2D eigenvalue weighted by Gasteiger charge is -2.46. The van der Waals surface area contributed by atoms with E-state index in [1.807, 2.05) is 26.0 Å². The second-order valence-electron chi connectivity index (χ2n) is 8.00. The predicted molar refractivity (Wildman–Crippen MR) is 106 cm³/mol. The molecule has 0 spiro atoms. The van der Waals surface area contributed by atoms with Crippen molar-refractivity contribution in [3.63, 3.8) is 0 Å². The molecule has 10 atom stereocenters. The SMILES string of the molecule is Cc1ccc(N[C@H]2O[C@H](CO)[C@@H](O[C@@H]3O[C@@H](CO)[C@@H](O)[C@@H](O)[C@@H]3O)[C@@H](O)[C@@H]2O)cc1C. The van der Waals surface area contributed by atoms with Crippen LogP contribution in [0.1, 0.15) is 11.1 Å². The zero-order chi connectivity index (χ0) is 22.9. The minimum absolute atomic E-state index is 0.586. The molecule has 2 saturated heterocycles. The molecule has 8 N–H and O–H groups in total. The number of nitrogens with one attached hydrogen (secondary N) is 1. The maximum atomic E-state index is 10.6. The van der Waals surface area contributed by atoms with E-state index in [0.29, 0.717) is 5.69 Å². The van der Waals surface area contributed by atoms with Gasteiger partial charge in [-0.05, 0) is 37.1 Å². The highest BCUT2D eigenvalue weighted by Gasteiger charge is 2.50. The molecule has 0 saturated carbocycles. The van der Waals surface area contributed by atoms with Crippen LogP contribution in [0.25, 0.3) is 0 Å². The van der Waals surface area contributed by atoms with E-state index in [-0.39, 0.29) is 0 Å².